The summed E-state index contributed by atoms with van der Waals surface area (Å²) in [6.45, 7) is 7.11. The summed E-state index contributed by atoms with van der Waals surface area (Å²) in [6, 6.07) is -0.497. The van der Waals surface area contributed by atoms with Gasteiger partial charge in [0.25, 0.3) is 0 Å². The molecule has 0 saturated carbocycles. The van der Waals surface area contributed by atoms with Crippen LogP contribution in [0.1, 0.15) is 46.5 Å². The molecular formula is C27H34ClF4N7O4. The van der Waals surface area contributed by atoms with Crippen molar-refractivity contribution < 1.29 is 36.6 Å². The molecule has 3 saturated heterocycles. The zero-order chi connectivity index (χ0) is 31.1. The topological polar surface area (TPSA) is 113 Å². The molecule has 2 amide bonds. The molecular weight excluding hydrogens is 598 g/mol. The number of alkyl halides is 3. The summed E-state index contributed by atoms with van der Waals surface area (Å²) >= 11 is 5.97. The summed E-state index contributed by atoms with van der Waals surface area (Å²) in [5, 5.41) is 1.89. The Hall–Kier alpha value is -3.20. The second kappa shape index (κ2) is 12.1. The van der Waals surface area contributed by atoms with E-state index in [1.165, 1.54) is 6.20 Å². The zero-order valence-corrected chi connectivity index (χ0v) is 24.8. The number of carbonyl (C=O) groups is 2. The Balaban J connectivity index is 1.32. The number of aromatic nitrogens is 3. The number of halogens is 5. The van der Waals surface area contributed by atoms with E-state index in [4.69, 9.17) is 21.1 Å². The van der Waals surface area contributed by atoms with Crippen LogP contribution >= 0.6 is 11.6 Å². The van der Waals surface area contributed by atoms with Gasteiger partial charge in [0.05, 0.1) is 17.5 Å². The quantitative estimate of drug-likeness (QED) is 0.359. The molecule has 0 radical (unpaired) electrons. The monoisotopic (exact) mass is 631 g/mol. The van der Waals surface area contributed by atoms with E-state index >= 15 is 4.39 Å². The lowest BCUT2D eigenvalue weighted by molar-refractivity contribution is -0.173. The summed E-state index contributed by atoms with van der Waals surface area (Å²) in [4.78, 5) is 42.6. The minimum Gasteiger partial charge on any atom is -0.462 e. The van der Waals surface area contributed by atoms with Crippen molar-refractivity contribution >= 4 is 40.3 Å². The first kappa shape index (κ1) is 31.2. The van der Waals surface area contributed by atoms with Crippen LogP contribution in [0, 0.1) is 5.82 Å². The van der Waals surface area contributed by atoms with Crippen molar-refractivity contribution in [2.24, 2.45) is 0 Å². The van der Waals surface area contributed by atoms with Crippen LogP contribution in [-0.4, -0.2) is 106 Å². The van der Waals surface area contributed by atoms with E-state index in [-0.39, 0.29) is 60.6 Å². The van der Waals surface area contributed by atoms with E-state index in [2.05, 4.69) is 15.0 Å². The largest absolute Gasteiger partial charge is 0.471 e. The molecule has 3 aliphatic rings. The number of carbonyl (C=O) groups excluding carboxylic acids is 2. The standard InChI is InChI=1S/C27H34ClF4N7O4/c1-26(2,3)43-25(41)39-15-6-7-16(39)13-38(12-15)22-18-11-34-21(28)19(29)20(18)35-24(36-22)42-14-17-5-4-9-37(17)10-8-33-23(40)27(30,31)32/h11,15-17H,4-10,12-14H2,1-3H3,(H,33,40)/t15?,16?,17-/m0/s1. The summed E-state index contributed by atoms with van der Waals surface area (Å²) in [6.07, 6.45) is -0.808. The van der Waals surface area contributed by atoms with Crippen LogP contribution in [0.15, 0.2) is 6.20 Å². The van der Waals surface area contributed by atoms with Crippen LogP contribution in [0.25, 0.3) is 10.9 Å². The van der Waals surface area contributed by atoms with E-state index in [9.17, 15) is 22.8 Å². The van der Waals surface area contributed by atoms with Crippen molar-refractivity contribution in [3.63, 3.8) is 0 Å². The Bertz CT molecular complexity index is 1360. The number of hydrogen-bond acceptors (Lipinski definition) is 9. The molecule has 11 nitrogen and oxygen atoms in total. The lowest BCUT2D eigenvalue weighted by Gasteiger charge is -2.42. The number of hydrogen-bond donors (Lipinski definition) is 1. The van der Waals surface area contributed by atoms with Crippen LogP contribution in [0.4, 0.5) is 28.2 Å². The average molecular weight is 632 g/mol. The van der Waals surface area contributed by atoms with Gasteiger partial charge in [-0.2, -0.15) is 23.1 Å². The molecule has 2 unspecified atom stereocenters. The molecule has 16 heteroatoms. The van der Waals surface area contributed by atoms with Crippen LogP contribution in [0.5, 0.6) is 6.01 Å². The molecule has 3 aliphatic heterocycles. The van der Waals surface area contributed by atoms with Crippen LogP contribution in [0.3, 0.4) is 0 Å². The van der Waals surface area contributed by atoms with Crippen molar-refractivity contribution in [2.75, 3.05) is 44.2 Å². The summed E-state index contributed by atoms with van der Waals surface area (Å²) in [5.74, 6) is -2.39. The number of amides is 2. The van der Waals surface area contributed by atoms with Gasteiger partial charge in [-0.15, -0.1) is 0 Å². The van der Waals surface area contributed by atoms with Crippen molar-refractivity contribution in [3.05, 3.63) is 17.2 Å². The predicted octanol–water partition coefficient (Wildman–Crippen LogP) is 3.93. The number of anilines is 1. The SMILES string of the molecule is CC(C)(C)OC(=O)N1C2CCC1CN(c1nc(OC[C@@H]3CCCN3CCNC(=O)C(F)(F)F)nc3c(F)c(Cl)ncc13)C2. The maximum atomic E-state index is 15.2. The fourth-order valence-electron chi connectivity index (χ4n) is 5.96. The fourth-order valence-corrected chi connectivity index (χ4v) is 6.09. The molecule has 2 aromatic heterocycles. The van der Waals surface area contributed by atoms with Gasteiger partial charge in [0, 0.05) is 38.4 Å². The summed E-state index contributed by atoms with van der Waals surface area (Å²) in [7, 11) is 0. The Morgan fingerprint density at radius 2 is 1.81 bits per heavy atom. The summed E-state index contributed by atoms with van der Waals surface area (Å²) in [5.41, 5.74) is -0.683. The van der Waals surface area contributed by atoms with E-state index in [0.29, 0.717) is 37.3 Å². The molecule has 1 N–H and O–H groups in total. The lowest BCUT2D eigenvalue weighted by Crippen LogP contribution is -2.57. The molecule has 2 aromatic rings. The van der Waals surface area contributed by atoms with Crippen molar-refractivity contribution in [3.8, 4) is 6.01 Å². The molecule has 3 fully saturated rings. The van der Waals surface area contributed by atoms with E-state index in [0.717, 1.165) is 19.3 Å². The van der Waals surface area contributed by atoms with Gasteiger partial charge in [-0.3, -0.25) is 14.6 Å². The average Bonchev–Trinajstić information content (AvgIpc) is 3.48. The third kappa shape index (κ3) is 6.97. The molecule has 5 heterocycles. The van der Waals surface area contributed by atoms with Gasteiger partial charge in [0.2, 0.25) is 0 Å². The molecule has 3 atom stereocenters. The fraction of sp³-hybridized carbons (Fsp3) is 0.667. The van der Waals surface area contributed by atoms with Gasteiger partial charge >= 0.3 is 24.2 Å². The Morgan fingerprint density at radius 3 is 2.47 bits per heavy atom. The number of piperazine rings is 1. The number of pyridine rings is 1. The molecule has 0 spiro atoms. The van der Waals surface area contributed by atoms with Crippen LogP contribution < -0.4 is 15.0 Å². The molecule has 0 aliphatic carbocycles. The summed E-state index contributed by atoms with van der Waals surface area (Å²) < 4.78 is 64.2. The highest BCUT2D eigenvalue weighted by atomic mass is 35.5. The number of fused-ring (bicyclic) bond motifs is 3. The normalized spacial score (nSPS) is 22.7. The number of nitrogens with one attached hydrogen (secondary N) is 1. The number of ether oxygens (including phenoxy) is 2. The van der Waals surface area contributed by atoms with E-state index < -0.39 is 23.5 Å². The van der Waals surface area contributed by atoms with Gasteiger partial charge in [0.15, 0.2) is 11.0 Å². The Labute approximate surface area is 250 Å². The van der Waals surface area contributed by atoms with Crippen molar-refractivity contribution in [1.29, 1.82) is 0 Å². The Morgan fingerprint density at radius 1 is 1.12 bits per heavy atom. The number of likely N-dealkylation sites (tertiary alicyclic amines) is 1. The molecule has 0 aromatic carbocycles. The van der Waals surface area contributed by atoms with Gasteiger partial charge < -0.3 is 19.7 Å². The third-order valence-corrected chi connectivity index (χ3v) is 8.10. The number of rotatable bonds is 7. The Kier molecular flexibility index (Phi) is 8.76. The van der Waals surface area contributed by atoms with Crippen molar-refractivity contribution in [1.82, 2.24) is 30.1 Å². The number of nitrogens with zero attached hydrogens (tertiary/aromatic N) is 6. The van der Waals surface area contributed by atoms with Gasteiger partial charge in [-0.25, -0.2) is 14.2 Å². The first-order valence-corrected chi connectivity index (χ1v) is 14.6. The second-order valence-electron chi connectivity index (χ2n) is 12.0. The maximum absolute atomic E-state index is 15.2. The first-order chi connectivity index (χ1) is 20.2. The van der Waals surface area contributed by atoms with Gasteiger partial charge in [-0.05, 0) is 53.0 Å². The van der Waals surface area contributed by atoms with E-state index in [1.54, 1.807) is 4.90 Å². The predicted molar refractivity (Wildman–Crippen MR) is 149 cm³/mol. The van der Waals surface area contributed by atoms with Crippen LogP contribution in [-0.2, 0) is 9.53 Å². The highest BCUT2D eigenvalue weighted by Crippen LogP contribution is 2.37. The lowest BCUT2D eigenvalue weighted by atomic mass is 10.1. The third-order valence-electron chi connectivity index (χ3n) is 7.83. The smallest absolute Gasteiger partial charge is 0.462 e. The minimum absolute atomic E-state index is 0.0555. The highest BCUT2D eigenvalue weighted by Gasteiger charge is 2.45. The van der Waals surface area contributed by atoms with Crippen molar-refractivity contribution in [2.45, 2.75) is 76.4 Å². The molecule has 2 bridgehead atoms. The van der Waals surface area contributed by atoms with Gasteiger partial charge in [-0.1, -0.05) is 11.6 Å². The van der Waals surface area contributed by atoms with Gasteiger partial charge in [0.1, 0.15) is 23.5 Å². The second-order valence-corrected chi connectivity index (χ2v) is 12.4. The molecule has 5 rings (SSSR count). The van der Waals surface area contributed by atoms with Crippen LogP contribution in [0.2, 0.25) is 5.15 Å². The maximum Gasteiger partial charge on any atom is 0.471 e. The zero-order valence-electron chi connectivity index (χ0n) is 24.1. The molecule has 43 heavy (non-hydrogen) atoms. The highest BCUT2D eigenvalue weighted by molar-refractivity contribution is 6.30. The minimum atomic E-state index is -4.94. The molecule has 236 valence electrons. The first-order valence-electron chi connectivity index (χ1n) is 14.2. The van der Waals surface area contributed by atoms with E-state index in [1.807, 2.05) is 35.9 Å².